The van der Waals surface area contributed by atoms with Gasteiger partial charge in [-0.1, -0.05) is 29.8 Å². The van der Waals surface area contributed by atoms with Gasteiger partial charge in [-0.05, 0) is 67.4 Å². The van der Waals surface area contributed by atoms with Gasteiger partial charge in [0.1, 0.15) is 12.4 Å². The van der Waals surface area contributed by atoms with Crippen LogP contribution in [-0.4, -0.2) is 44.0 Å². The highest BCUT2D eigenvalue weighted by molar-refractivity contribution is 6.01. The molecule has 1 fully saturated rings. The summed E-state index contributed by atoms with van der Waals surface area (Å²) >= 11 is 0. The van der Waals surface area contributed by atoms with Crippen molar-refractivity contribution in [2.75, 3.05) is 33.4 Å². The first-order valence-corrected chi connectivity index (χ1v) is 8.73. The Morgan fingerprint density at radius 1 is 1.04 bits per heavy atom. The van der Waals surface area contributed by atoms with Crippen LogP contribution < -0.4 is 4.74 Å². The van der Waals surface area contributed by atoms with E-state index >= 15 is 0 Å². The van der Waals surface area contributed by atoms with Gasteiger partial charge in [-0.3, -0.25) is 4.90 Å². The van der Waals surface area contributed by atoms with Crippen LogP contribution in [0.5, 0.6) is 5.75 Å². The number of benzene rings is 2. The predicted molar refractivity (Wildman–Crippen MR) is 106 cm³/mol. The van der Waals surface area contributed by atoms with Crippen molar-refractivity contribution < 1.29 is 9.57 Å². The van der Waals surface area contributed by atoms with Crippen LogP contribution in [0.2, 0.25) is 0 Å². The van der Waals surface area contributed by atoms with E-state index in [1.54, 1.807) is 7.11 Å². The number of piperidine rings is 1. The van der Waals surface area contributed by atoms with Gasteiger partial charge in [0, 0.05) is 6.54 Å². The molecule has 5 heteroatoms. The average molecular weight is 363 g/mol. The van der Waals surface area contributed by atoms with Crippen molar-refractivity contribution in [3.05, 3.63) is 42.0 Å². The number of oxime groups is 1. The first-order valence-electron chi connectivity index (χ1n) is 8.73. The third-order valence-corrected chi connectivity index (χ3v) is 4.61. The molecule has 0 aromatic heterocycles. The Bertz CT molecular complexity index is 712. The number of methoxy groups -OCH3 is 1. The van der Waals surface area contributed by atoms with Crippen molar-refractivity contribution in [3.8, 4) is 5.75 Å². The zero-order valence-electron chi connectivity index (χ0n) is 15.0. The van der Waals surface area contributed by atoms with Crippen LogP contribution in [0.15, 0.2) is 41.6 Å². The third kappa shape index (κ3) is 5.35. The van der Waals surface area contributed by atoms with Crippen LogP contribution in [0.1, 0.15) is 31.7 Å². The average Bonchev–Trinajstić information content (AvgIpc) is 2.65. The van der Waals surface area contributed by atoms with Crippen molar-refractivity contribution >= 4 is 28.9 Å². The fourth-order valence-electron chi connectivity index (χ4n) is 3.12. The SMILES string of the molecule is COc1ccc2cc(/C(C)=N/OCCN3CCCCC3)ccc2c1.Cl. The predicted octanol–water partition coefficient (Wildman–Crippen LogP) is 4.50. The molecule has 3 rings (SSSR count). The molecule has 0 spiro atoms. The van der Waals surface area contributed by atoms with E-state index in [4.69, 9.17) is 9.57 Å². The normalized spacial score (nSPS) is 15.7. The molecule has 0 aliphatic carbocycles. The molecule has 1 aliphatic heterocycles. The number of nitrogens with zero attached hydrogens (tertiary/aromatic N) is 2. The summed E-state index contributed by atoms with van der Waals surface area (Å²) in [7, 11) is 1.69. The summed E-state index contributed by atoms with van der Waals surface area (Å²) in [6, 6.07) is 12.4. The van der Waals surface area contributed by atoms with Gasteiger partial charge in [0.2, 0.25) is 0 Å². The minimum atomic E-state index is 0. The van der Waals surface area contributed by atoms with Gasteiger partial charge in [0.25, 0.3) is 0 Å². The molecule has 2 aromatic rings. The van der Waals surface area contributed by atoms with Crippen LogP contribution >= 0.6 is 12.4 Å². The van der Waals surface area contributed by atoms with E-state index in [1.165, 1.54) is 37.7 Å². The summed E-state index contributed by atoms with van der Waals surface area (Å²) in [5, 5.41) is 6.63. The second kappa shape index (κ2) is 9.64. The van der Waals surface area contributed by atoms with Gasteiger partial charge >= 0.3 is 0 Å². The molecule has 0 saturated carbocycles. The highest BCUT2D eigenvalue weighted by Crippen LogP contribution is 2.22. The lowest BCUT2D eigenvalue weighted by molar-refractivity contribution is 0.102. The Kier molecular flexibility index (Phi) is 7.53. The molecule has 1 aliphatic rings. The van der Waals surface area contributed by atoms with Crippen molar-refractivity contribution in [2.45, 2.75) is 26.2 Å². The maximum atomic E-state index is 5.53. The van der Waals surface area contributed by atoms with Gasteiger partial charge in [-0.25, -0.2) is 0 Å². The smallest absolute Gasteiger partial charge is 0.129 e. The molecule has 0 unspecified atom stereocenters. The lowest BCUT2D eigenvalue weighted by Gasteiger charge is -2.25. The highest BCUT2D eigenvalue weighted by atomic mass is 35.5. The Hall–Kier alpha value is -1.78. The molecule has 4 nitrogen and oxygen atoms in total. The summed E-state index contributed by atoms with van der Waals surface area (Å²) in [4.78, 5) is 7.98. The third-order valence-electron chi connectivity index (χ3n) is 4.61. The molecule has 136 valence electrons. The summed E-state index contributed by atoms with van der Waals surface area (Å²) in [6.07, 6.45) is 3.98. The summed E-state index contributed by atoms with van der Waals surface area (Å²) in [5.74, 6) is 0.877. The Morgan fingerprint density at radius 2 is 1.76 bits per heavy atom. The molecule has 25 heavy (non-hydrogen) atoms. The molecule has 0 N–H and O–H groups in total. The molecule has 0 amide bonds. The molecular formula is C20H27ClN2O2. The molecule has 1 heterocycles. The largest absolute Gasteiger partial charge is 0.497 e. The highest BCUT2D eigenvalue weighted by Gasteiger charge is 2.09. The first-order chi connectivity index (χ1) is 11.8. The van der Waals surface area contributed by atoms with E-state index < -0.39 is 0 Å². The second-order valence-electron chi connectivity index (χ2n) is 6.34. The van der Waals surface area contributed by atoms with E-state index in [2.05, 4.69) is 34.3 Å². The molecule has 0 bridgehead atoms. The molecular weight excluding hydrogens is 336 g/mol. The number of likely N-dealkylation sites (tertiary alicyclic amines) is 1. The zero-order valence-corrected chi connectivity index (χ0v) is 15.8. The number of ether oxygens (including phenoxy) is 1. The minimum absolute atomic E-state index is 0. The molecule has 2 aromatic carbocycles. The van der Waals surface area contributed by atoms with Gasteiger partial charge in [0.05, 0.1) is 12.8 Å². The fraction of sp³-hybridized carbons (Fsp3) is 0.450. The lowest BCUT2D eigenvalue weighted by Crippen LogP contribution is -2.32. The summed E-state index contributed by atoms with van der Waals surface area (Å²) < 4.78 is 5.27. The van der Waals surface area contributed by atoms with Crippen LogP contribution in [-0.2, 0) is 4.84 Å². The van der Waals surface area contributed by atoms with E-state index in [9.17, 15) is 0 Å². The Morgan fingerprint density at radius 3 is 2.52 bits per heavy atom. The number of hydrogen-bond donors (Lipinski definition) is 0. The number of rotatable bonds is 6. The first kappa shape index (κ1) is 19.5. The Labute approximate surface area is 156 Å². The van der Waals surface area contributed by atoms with Crippen molar-refractivity contribution in [1.82, 2.24) is 4.90 Å². The maximum Gasteiger partial charge on any atom is 0.129 e. The van der Waals surface area contributed by atoms with Crippen molar-refractivity contribution in [3.63, 3.8) is 0 Å². The van der Waals surface area contributed by atoms with Crippen molar-refractivity contribution in [1.29, 1.82) is 0 Å². The van der Waals surface area contributed by atoms with Crippen LogP contribution in [0.3, 0.4) is 0 Å². The van der Waals surface area contributed by atoms with E-state index in [0.717, 1.165) is 29.0 Å². The topological polar surface area (TPSA) is 34.1 Å². The van der Waals surface area contributed by atoms with Crippen LogP contribution in [0.4, 0.5) is 0 Å². The van der Waals surface area contributed by atoms with E-state index in [1.807, 2.05) is 19.1 Å². The standard InChI is InChI=1S/C20H26N2O2.ClH/c1-16(21-24-13-12-22-10-4-3-5-11-22)17-6-7-19-15-20(23-2)9-8-18(19)14-17;/h6-9,14-15H,3-5,10-13H2,1-2H3;1H/b21-16+;. The number of fused-ring (bicyclic) bond motifs is 1. The van der Waals surface area contributed by atoms with Crippen LogP contribution in [0.25, 0.3) is 10.8 Å². The van der Waals surface area contributed by atoms with Crippen molar-refractivity contribution in [2.24, 2.45) is 5.16 Å². The van der Waals surface area contributed by atoms with Gasteiger partial charge < -0.3 is 9.57 Å². The number of hydrogen-bond acceptors (Lipinski definition) is 4. The van der Waals surface area contributed by atoms with Gasteiger partial charge in [-0.15, -0.1) is 12.4 Å². The summed E-state index contributed by atoms with van der Waals surface area (Å²) in [6.45, 7) is 6.00. The van der Waals surface area contributed by atoms with Gasteiger partial charge in [-0.2, -0.15) is 0 Å². The molecule has 0 radical (unpaired) electrons. The summed E-state index contributed by atoms with van der Waals surface area (Å²) in [5.41, 5.74) is 2.00. The van der Waals surface area contributed by atoms with E-state index in [-0.39, 0.29) is 12.4 Å². The minimum Gasteiger partial charge on any atom is -0.497 e. The quantitative estimate of drug-likeness (QED) is 0.431. The lowest BCUT2D eigenvalue weighted by atomic mass is 10.0. The van der Waals surface area contributed by atoms with Crippen LogP contribution in [0, 0.1) is 0 Å². The number of halogens is 1. The van der Waals surface area contributed by atoms with Gasteiger partial charge in [0.15, 0.2) is 0 Å². The Balaban J connectivity index is 0.00000225. The van der Waals surface area contributed by atoms with E-state index in [0.29, 0.717) is 6.61 Å². The fourth-order valence-corrected chi connectivity index (χ4v) is 3.12. The maximum absolute atomic E-state index is 5.53. The molecule has 0 atom stereocenters. The zero-order chi connectivity index (χ0) is 16.8. The molecule has 1 saturated heterocycles. The monoisotopic (exact) mass is 362 g/mol. The second-order valence-corrected chi connectivity index (χ2v) is 6.34.